The molecule has 8 heteroatoms. The summed E-state index contributed by atoms with van der Waals surface area (Å²) in [6.07, 6.45) is 1.73. The monoisotopic (exact) mass is 419 g/mol. The van der Waals surface area contributed by atoms with Crippen LogP contribution in [0.4, 0.5) is 27.9 Å². The fourth-order valence-corrected chi connectivity index (χ4v) is 3.65. The highest BCUT2D eigenvalue weighted by Crippen LogP contribution is 2.39. The minimum atomic E-state index is -0.459. The van der Waals surface area contributed by atoms with Gasteiger partial charge in [0.2, 0.25) is 5.95 Å². The number of para-hydroxylation sites is 1. The van der Waals surface area contributed by atoms with Crippen LogP contribution in [0.1, 0.15) is 25.5 Å². The number of fused-ring (bicyclic) bond motifs is 1. The maximum atomic E-state index is 13.6. The van der Waals surface area contributed by atoms with Gasteiger partial charge in [-0.25, -0.2) is 9.78 Å². The molecule has 4 rings (SSSR count). The van der Waals surface area contributed by atoms with Crippen LogP contribution in [0, 0.1) is 0 Å². The van der Waals surface area contributed by atoms with Crippen molar-refractivity contribution in [3.05, 3.63) is 66.4 Å². The van der Waals surface area contributed by atoms with E-state index in [4.69, 9.17) is 4.74 Å². The fraction of sp³-hybridized carbons (Fsp3) is 0.261. The van der Waals surface area contributed by atoms with Crippen molar-refractivity contribution < 1.29 is 14.6 Å². The van der Waals surface area contributed by atoms with Gasteiger partial charge in [-0.15, -0.1) is 0 Å². The molecule has 2 N–H and O–H groups in total. The number of ether oxygens (including phenoxy) is 1. The van der Waals surface area contributed by atoms with E-state index in [2.05, 4.69) is 15.3 Å². The van der Waals surface area contributed by atoms with Crippen LogP contribution in [0.3, 0.4) is 0 Å². The molecule has 1 unspecified atom stereocenters. The highest BCUT2D eigenvalue weighted by Gasteiger charge is 2.40. The number of nitrogens with zero attached hydrogens (tertiary/aromatic N) is 4. The van der Waals surface area contributed by atoms with E-state index in [1.165, 1.54) is 4.90 Å². The highest BCUT2D eigenvalue weighted by atomic mass is 16.5. The predicted molar refractivity (Wildman–Crippen MR) is 120 cm³/mol. The molecular formula is C23H25N5O3. The van der Waals surface area contributed by atoms with Crippen LogP contribution in [-0.2, 0) is 0 Å². The zero-order valence-electron chi connectivity index (χ0n) is 17.7. The van der Waals surface area contributed by atoms with Crippen LogP contribution in [0.25, 0.3) is 0 Å². The van der Waals surface area contributed by atoms with Crippen LogP contribution >= 0.6 is 0 Å². The van der Waals surface area contributed by atoms with Crippen molar-refractivity contribution in [1.29, 1.82) is 0 Å². The van der Waals surface area contributed by atoms with Gasteiger partial charge in [-0.1, -0.05) is 18.2 Å². The number of aliphatic hydroxyl groups is 1. The van der Waals surface area contributed by atoms with E-state index in [1.807, 2.05) is 61.5 Å². The molecule has 0 spiro atoms. The van der Waals surface area contributed by atoms with Crippen molar-refractivity contribution >= 4 is 29.2 Å². The lowest BCUT2D eigenvalue weighted by molar-refractivity contribution is 0.233. The van der Waals surface area contributed by atoms with Crippen LogP contribution < -0.4 is 19.9 Å². The standard InChI is InChI=1S/C23H25N5O3/c1-15(14-29)27-21-20(13-24-22(26-21)25-17-7-5-4-6-8-17)16(2)28(23(27)30)18-9-11-19(31-3)12-10-18/h4-13,15-16,29H,14H2,1-3H3,(H,24,25,26)/t15-,16?/m0/s1. The van der Waals surface area contributed by atoms with Crippen LogP contribution in [-0.4, -0.2) is 40.9 Å². The van der Waals surface area contributed by atoms with Gasteiger partial charge in [-0.2, -0.15) is 4.98 Å². The number of rotatable bonds is 6. The summed E-state index contributed by atoms with van der Waals surface area (Å²) in [5.41, 5.74) is 2.37. The van der Waals surface area contributed by atoms with Gasteiger partial charge in [0.05, 0.1) is 25.8 Å². The Bertz CT molecular complexity index is 1060. The van der Waals surface area contributed by atoms with Gasteiger partial charge < -0.3 is 15.2 Å². The molecule has 2 amide bonds. The molecule has 0 fully saturated rings. The van der Waals surface area contributed by atoms with E-state index in [0.29, 0.717) is 17.5 Å². The number of benzene rings is 2. The normalized spacial score (nSPS) is 16.6. The zero-order valence-corrected chi connectivity index (χ0v) is 17.7. The van der Waals surface area contributed by atoms with Crippen LogP contribution in [0.15, 0.2) is 60.8 Å². The van der Waals surface area contributed by atoms with Crippen molar-refractivity contribution in [2.24, 2.45) is 0 Å². The van der Waals surface area contributed by atoms with E-state index in [-0.39, 0.29) is 18.7 Å². The van der Waals surface area contributed by atoms with Crippen LogP contribution in [0.5, 0.6) is 5.75 Å². The Kier molecular flexibility index (Phi) is 5.73. The van der Waals surface area contributed by atoms with Gasteiger partial charge in [-0.05, 0) is 50.2 Å². The molecule has 0 radical (unpaired) electrons. The first-order valence-electron chi connectivity index (χ1n) is 10.1. The average molecular weight is 419 g/mol. The highest BCUT2D eigenvalue weighted by molar-refractivity contribution is 6.06. The summed E-state index contributed by atoms with van der Waals surface area (Å²) in [7, 11) is 1.60. The summed E-state index contributed by atoms with van der Waals surface area (Å²) in [5, 5.41) is 13.0. The van der Waals surface area contributed by atoms with Crippen molar-refractivity contribution in [1.82, 2.24) is 9.97 Å². The number of hydrogen-bond donors (Lipinski definition) is 2. The molecule has 1 aromatic heterocycles. The number of carbonyl (C=O) groups excluding carboxylic acids is 1. The molecule has 31 heavy (non-hydrogen) atoms. The summed E-state index contributed by atoms with van der Waals surface area (Å²) < 4.78 is 5.23. The van der Waals surface area contributed by atoms with E-state index in [9.17, 15) is 9.90 Å². The number of carbonyl (C=O) groups is 1. The first-order chi connectivity index (χ1) is 15.0. The Morgan fingerprint density at radius 3 is 2.52 bits per heavy atom. The number of aromatic nitrogens is 2. The summed E-state index contributed by atoms with van der Waals surface area (Å²) in [4.78, 5) is 25.9. The predicted octanol–water partition coefficient (Wildman–Crippen LogP) is 4.12. The molecule has 0 saturated carbocycles. The summed E-state index contributed by atoms with van der Waals surface area (Å²) in [6, 6.07) is 15.9. The van der Waals surface area contributed by atoms with E-state index >= 15 is 0 Å². The Hall–Kier alpha value is -3.65. The third kappa shape index (κ3) is 3.89. The van der Waals surface area contributed by atoms with E-state index in [0.717, 1.165) is 16.9 Å². The van der Waals surface area contributed by atoms with Gasteiger partial charge in [0.15, 0.2) is 0 Å². The third-order valence-electron chi connectivity index (χ3n) is 5.36. The van der Waals surface area contributed by atoms with Crippen molar-refractivity contribution in [2.45, 2.75) is 25.9 Å². The van der Waals surface area contributed by atoms with Gasteiger partial charge in [0.1, 0.15) is 11.6 Å². The second-order valence-corrected chi connectivity index (χ2v) is 7.39. The maximum absolute atomic E-state index is 13.6. The Morgan fingerprint density at radius 1 is 1.16 bits per heavy atom. The number of urea groups is 1. The Balaban J connectivity index is 1.75. The van der Waals surface area contributed by atoms with Gasteiger partial charge in [0.25, 0.3) is 0 Å². The quantitative estimate of drug-likeness (QED) is 0.625. The van der Waals surface area contributed by atoms with Gasteiger partial charge in [-0.3, -0.25) is 9.80 Å². The molecule has 2 atom stereocenters. The zero-order chi connectivity index (χ0) is 22.0. The number of nitrogens with one attached hydrogen (secondary N) is 1. The van der Waals surface area contributed by atoms with E-state index in [1.54, 1.807) is 25.1 Å². The fourth-order valence-electron chi connectivity index (χ4n) is 3.65. The molecule has 0 bridgehead atoms. The molecule has 1 aliphatic rings. The molecule has 8 nitrogen and oxygen atoms in total. The first kappa shape index (κ1) is 20.6. The molecule has 0 saturated heterocycles. The molecular weight excluding hydrogens is 394 g/mol. The smallest absolute Gasteiger partial charge is 0.331 e. The Labute approximate surface area is 181 Å². The molecule has 2 heterocycles. The van der Waals surface area contributed by atoms with Crippen molar-refractivity contribution in [3.63, 3.8) is 0 Å². The molecule has 3 aromatic rings. The second-order valence-electron chi connectivity index (χ2n) is 7.39. The number of amides is 2. The lowest BCUT2D eigenvalue weighted by atomic mass is 10.0. The van der Waals surface area contributed by atoms with Gasteiger partial charge >= 0.3 is 6.03 Å². The van der Waals surface area contributed by atoms with Crippen LogP contribution in [0.2, 0.25) is 0 Å². The molecule has 2 aromatic carbocycles. The largest absolute Gasteiger partial charge is 0.497 e. The third-order valence-corrected chi connectivity index (χ3v) is 5.36. The topological polar surface area (TPSA) is 90.8 Å². The lowest BCUT2D eigenvalue weighted by Gasteiger charge is -2.42. The number of aliphatic hydroxyl groups excluding tert-OH is 1. The second kappa shape index (κ2) is 8.61. The van der Waals surface area contributed by atoms with Gasteiger partial charge in [0, 0.05) is 23.1 Å². The minimum absolute atomic E-state index is 0.193. The van der Waals surface area contributed by atoms with E-state index < -0.39 is 6.04 Å². The summed E-state index contributed by atoms with van der Waals surface area (Å²) >= 11 is 0. The number of methoxy groups -OCH3 is 1. The lowest BCUT2D eigenvalue weighted by Crippen LogP contribution is -2.54. The summed E-state index contributed by atoms with van der Waals surface area (Å²) in [6.45, 7) is 3.54. The molecule has 160 valence electrons. The number of anilines is 4. The SMILES string of the molecule is COc1ccc(N2C(=O)N([C@@H](C)CO)c3nc(Nc4ccccc4)ncc3C2C)cc1. The van der Waals surface area contributed by atoms with Crippen molar-refractivity contribution in [2.75, 3.05) is 28.8 Å². The molecule has 1 aliphatic heterocycles. The maximum Gasteiger partial charge on any atom is 0.331 e. The first-order valence-corrected chi connectivity index (χ1v) is 10.1. The average Bonchev–Trinajstić information content (AvgIpc) is 2.80. The summed E-state index contributed by atoms with van der Waals surface area (Å²) in [5.74, 6) is 1.59. The van der Waals surface area contributed by atoms with Crippen molar-refractivity contribution in [3.8, 4) is 5.75 Å². The number of hydrogen-bond acceptors (Lipinski definition) is 6. The Morgan fingerprint density at radius 2 is 1.87 bits per heavy atom. The minimum Gasteiger partial charge on any atom is -0.497 e. The molecule has 0 aliphatic carbocycles.